The highest BCUT2D eigenvalue weighted by Crippen LogP contribution is 2.19. The molecule has 4 nitrogen and oxygen atoms in total. The highest BCUT2D eigenvalue weighted by molar-refractivity contribution is 5.95. The van der Waals surface area contributed by atoms with Gasteiger partial charge in [0.15, 0.2) is 6.29 Å². The molecule has 3 rings (SSSR count). The van der Waals surface area contributed by atoms with Crippen LogP contribution >= 0.6 is 0 Å². The summed E-state index contributed by atoms with van der Waals surface area (Å²) in [5, 5.41) is 9.65. The highest BCUT2D eigenvalue weighted by Gasteiger charge is 2.08. The fourth-order valence-corrected chi connectivity index (χ4v) is 2.25. The van der Waals surface area contributed by atoms with Gasteiger partial charge < -0.3 is 4.57 Å². The topological polar surface area (TPSA) is 58.7 Å². The largest absolute Gasteiger partial charge is 0.327 e. The lowest BCUT2D eigenvalue weighted by Crippen LogP contribution is -1.99. The molecule has 2 aromatic heterocycles. The smallest absolute Gasteiger partial charge is 0.152 e. The zero-order valence-electron chi connectivity index (χ0n) is 10.7. The molecule has 0 atom stereocenters. The molecule has 0 saturated carbocycles. The molecule has 1 aromatic carbocycles. The fourth-order valence-electron chi connectivity index (χ4n) is 2.25. The lowest BCUT2D eigenvalue weighted by Gasteiger charge is -2.04. The standard InChI is InChI=1S/C16H11N3O/c17-8-12-3-5-13(6-4-12)9-19-10-14(11-20)15-2-1-7-18-16(15)19/h1-7,10-11H,9H2. The van der Waals surface area contributed by atoms with E-state index in [1.807, 2.05) is 35.0 Å². The lowest BCUT2D eigenvalue weighted by molar-refractivity contribution is 0.112. The molecular formula is C16H11N3O. The molecule has 0 unspecified atom stereocenters. The lowest BCUT2D eigenvalue weighted by atomic mass is 10.1. The van der Waals surface area contributed by atoms with Gasteiger partial charge >= 0.3 is 0 Å². The van der Waals surface area contributed by atoms with E-state index in [4.69, 9.17) is 5.26 Å². The number of hydrogen-bond acceptors (Lipinski definition) is 3. The molecule has 0 N–H and O–H groups in total. The van der Waals surface area contributed by atoms with Crippen LogP contribution in [0.1, 0.15) is 21.5 Å². The van der Waals surface area contributed by atoms with Gasteiger partial charge in [-0.25, -0.2) is 4.98 Å². The number of hydrogen-bond donors (Lipinski definition) is 0. The maximum Gasteiger partial charge on any atom is 0.152 e. The van der Waals surface area contributed by atoms with Crippen molar-refractivity contribution in [2.75, 3.05) is 0 Å². The van der Waals surface area contributed by atoms with Crippen molar-refractivity contribution in [2.45, 2.75) is 6.54 Å². The number of benzene rings is 1. The average Bonchev–Trinajstić information content (AvgIpc) is 2.86. The number of aldehydes is 1. The van der Waals surface area contributed by atoms with E-state index in [1.54, 1.807) is 18.3 Å². The number of pyridine rings is 1. The van der Waals surface area contributed by atoms with Crippen molar-refractivity contribution in [1.82, 2.24) is 9.55 Å². The van der Waals surface area contributed by atoms with E-state index in [2.05, 4.69) is 11.1 Å². The van der Waals surface area contributed by atoms with Gasteiger partial charge in [-0.1, -0.05) is 12.1 Å². The van der Waals surface area contributed by atoms with Crippen molar-refractivity contribution in [3.8, 4) is 6.07 Å². The molecular weight excluding hydrogens is 250 g/mol. The number of carbonyl (C=O) groups excluding carboxylic acids is 1. The third-order valence-corrected chi connectivity index (χ3v) is 3.23. The molecule has 4 heteroatoms. The molecule has 3 aromatic rings. The molecule has 0 amide bonds. The number of nitriles is 1. The third-order valence-electron chi connectivity index (χ3n) is 3.23. The minimum absolute atomic E-state index is 0.618. The number of nitrogens with zero attached hydrogens (tertiary/aromatic N) is 3. The summed E-state index contributed by atoms with van der Waals surface area (Å²) in [6.07, 6.45) is 4.37. The zero-order chi connectivity index (χ0) is 13.9. The predicted molar refractivity (Wildman–Crippen MR) is 75.4 cm³/mol. The monoisotopic (exact) mass is 261 g/mol. The molecule has 2 heterocycles. The van der Waals surface area contributed by atoms with Gasteiger partial charge in [0.1, 0.15) is 5.65 Å². The first-order chi connectivity index (χ1) is 9.81. The first kappa shape index (κ1) is 12.1. The van der Waals surface area contributed by atoms with Crippen LogP contribution in [0.5, 0.6) is 0 Å². The van der Waals surface area contributed by atoms with Crippen LogP contribution in [-0.4, -0.2) is 15.8 Å². The fraction of sp³-hybridized carbons (Fsp3) is 0.0625. The van der Waals surface area contributed by atoms with Crippen molar-refractivity contribution < 1.29 is 4.79 Å². The van der Waals surface area contributed by atoms with Gasteiger partial charge in [0.25, 0.3) is 0 Å². The van der Waals surface area contributed by atoms with Crippen LogP contribution in [0.15, 0.2) is 48.8 Å². The second-order valence-electron chi connectivity index (χ2n) is 4.51. The van der Waals surface area contributed by atoms with Gasteiger partial charge in [-0.05, 0) is 29.8 Å². The van der Waals surface area contributed by atoms with E-state index in [-0.39, 0.29) is 0 Å². The van der Waals surface area contributed by atoms with Crippen LogP contribution in [0.4, 0.5) is 0 Å². The Labute approximate surface area is 115 Å². The summed E-state index contributed by atoms with van der Waals surface area (Å²) >= 11 is 0. The summed E-state index contributed by atoms with van der Waals surface area (Å²) in [6.45, 7) is 0.618. The van der Waals surface area contributed by atoms with Crippen LogP contribution in [0, 0.1) is 11.3 Å². The summed E-state index contributed by atoms with van der Waals surface area (Å²) in [7, 11) is 0. The molecule has 0 fully saturated rings. The van der Waals surface area contributed by atoms with Crippen molar-refractivity contribution in [2.24, 2.45) is 0 Å². The molecule has 96 valence electrons. The number of aromatic nitrogens is 2. The molecule has 0 aliphatic heterocycles. The molecule has 0 saturated heterocycles. The average molecular weight is 261 g/mol. The van der Waals surface area contributed by atoms with E-state index < -0.39 is 0 Å². The Morgan fingerprint density at radius 2 is 2.05 bits per heavy atom. The molecule has 0 aliphatic carbocycles. The number of carbonyl (C=O) groups is 1. The Morgan fingerprint density at radius 3 is 2.75 bits per heavy atom. The predicted octanol–water partition coefficient (Wildman–Crippen LogP) is 2.77. The minimum Gasteiger partial charge on any atom is -0.327 e. The Balaban J connectivity index is 2.02. The van der Waals surface area contributed by atoms with E-state index >= 15 is 0 Å². The summed E-state index contributed by atoms with van der Waals surface area (Å²) in [5.41, 5.74) is 3.13. The Bertz CT molecular complexity index is 810. The van der Waals surface area contributed by atoms with Gasteiger partial charge in [-0.3, -0.25) is 4.79 Å². The van der Waals surface area contributed by atoms with Crippen molar-refractivity contribution in [1.29, 1.82) is 5.26 Å². The maximum absolute atomic E-state index is 11.1. The number of rotatable bonds is 3. The van der Waals surface area contributed by atoms with E-state index in [1.165, 1.54) is 0 Å². The van der Waals surface area contributed by atoms with Gasteiger partial charge in [-0.2, -0.15) is 5.26 Å². The molecule has 0 spiro atoms. The molecule has 0 bridgehead atoms. The number of fused-ring (bicyclic) bond motifs is 1. The maximum atomic E-state index is 11.1. The zero-order valence-corrected chi connectivity index (χ0v) is 10.7. The van der Waals surface area contributed by atoms with Gasteiger partial charge in [0.05, 0.1) is 11.6 Å². The Morgan fingerprint density at radius 1 is 1.25 bits per heavy atom. The van der Waals surface area contributed by atoms with Crippen LogP contribution < -0.4 is 0 Å². The molecule has 0 aliphatic rings. The summed E-state index contributed by atoms with van der Waals surface area (Å²) in [5.74, 6) is 0. The van der Waals surface area contributed by atoms with E-state index in [0.29, 0.717) is 17.7 Å². The van der Waals surface area contributed by atoms with Crippen molar-refractivity contribution in [3.63, 3.8) is 0 Å². The van der Waals surface area contributed by atoms with Crippen LogP contribution in [0.25, 0.3) is 11.0 Å². The van der Waals surface area contributed by atoms with E-state index in [9.17, 15) is 4.79 Å². The Hall–Kier alpha value is -2.93. The minimum atomic E-state index is 0.618. The first-order valence-electron chi connectivity index (χ1n) is 6.20. The summed E-state index contributed by atoms with van der Waals surface area (Å²) in [4.78, 5) is 15.4. The SMILES string of the molecule is N#Cc1ccc(Cn2cc(C=O)c3cccnc32)cc1. The molecule has 20 heavy (non-hydrogen) atoms. The molecule has 0 radical (unpaired) electrons. The summed E-state index contributed by atoms with van der Waals surface area (Å²) in [6, 6.07) is 13.2. The van der Waals surface area contributed by atoms with Gasteiger partial charge in [-0.15, -0.1) is 0 Å². The second kappa shape index (κ2) is 4.98. The first-order valence-corrected chi connectivity index (χ1v) is 6.20. The van der Waals surface area contributed by atoms with Crippen LogP contribution in [0.3, 0.4) is 0 Å². The van der Waals surface area contributed by atoms with Gasteiger partial charge in [0.2, 0.25) is 0 Å². The Kier molecular flexibility index (Phi) is 3.02. The van der Waals surface area contributed by atoms with Gasteiger partial charge in [0, 0.05) is 29.9 Å². The summed E-state index contributed by atoms with van der Waals surface area (Å²) < 4.78 is 1.94. The van der Waals surface area contributed by atoms with Crippen molar-refractivity contribution >= 4 is 17.3 Å². The second-order valence-corrected chi connectivity index (χ2v) is 4.51. The van der Waals surface area contributed by atoms with Crippen molar-refractivity contribution in [3.05, 3.63) is 65.5 Å². The quantitative estimate of drug-likeness (QED) is 0.681. The van der Waals surface area contributed by atoms with Crippen LogP contribution in [0.2, 0.25) is 0 Å². The third kappa shape index (κ3) is 2.06. The highest BCUT2D eigenvalue weighted by atomic mass is 16.1. The van der Waals surface area contributed by atoms with E-state index in [0.717, 1.165) is 22.9 Å². The normalized spacial score (nSPS) is 10.3. The van der Waals surface area contributed by atoms with Crippen LogP contribution in [-0.2, 0) is 6.54 Å².